The van der Waals surface area contributed by atoms with Gasteiger partial charge in [-0.2, -0.15) is 5.26 Å². The van der Waals surface area contributed by atoms with Crippen LogP contribution >= 0.6 is 31.9 Å². The van der Waals surface area contributed by atoms with E-state index < -0.39 is 5.91 Å². The van der Waals surface area contributed by atoms with E-state index >= 15 is 0 Å². The van der Waals surface area contributed by atoms with Crippen molar-refractivity contribution < 1.29 is 9.53 Å². The summed E-state index contributed by atoms with van der Waals surface area (Å²) in [7, 11) is 0. The Bertz CT molecular complexity index is 866. The fourth-order valence-electron chi connectivity index (χ4n) is 2.69. The summed E-state index contributed by atoms with van der Waals surface area (Å²) >= 11 is 7.05. The lowest BCUT2D eigenvalue weighted by atomic mass is 10.1. The first-order chi connectivity index (χ1) is 14.0. The first kappa shape index (κ1) is 23.2. The maximum atomic E-state index is 12.4. The van der Waals surface area contributed by atoms with E-state index in [0.29, 0.717) is 13.2 Å². The van der Waals surface area contributed by atoms with Gasteiger partial charge in [-0.3, -0.25) is 4.79 Å². The molecule has 0 aliphatic heterocycles. The van der Waals surface area contributed by atoms with Crippen molar-refractivity contribution in [3.63, 3.8) is 0 Å². The Labute approximate surface area is 189 Å². The van der Waals surface area contributed by atoms with Crippen molar-refractivity contribution in [1.82, 2.24) is 5.32 Å². The smallest absolute Gasteiger partial charge is 0.262 e. The Morgan fingerprint density at radius 2 is 1.83 bits per heavy atom. The number of nitriles is 1. The second-order valence-corrected chi connectivity index (χ2v) is 8.27. The quantitative estimate of drug-likeness (QED) is 0.224. The maximum absolute atomic E-state index is 12.4. The number of nitrogens with zero attached hydrogens (tertiary/aromatic N) is 1. The van der Waals surface area contributed by atoms with Crippen LogP contribution in [0.25, 0.3) is 6.08 Å². The van der Waals surface area contributed by atoms with Crippen molar-refractivity contribution in [2.24, 2.45) is 0 Å². The first-order valence-corrected chi connectivity index (χ1v) is 11.2. The molecule has 1 N–H and O–H groups in total. The number of hydrogen-bond donors (Lipinski definition) is 1. The van der Waals surface area contributed by atoms with Gasteiger partial charge in [-0.25, -0.2) is 0 Å². The number of halogens is 2. The zero-order valence-electron chi connectivity index (χ0n) is 16.4. The van der Waals surface area contributed by atoms with Crippen molar-refractivity contribution in [2.75, 3.05) is 6.61 Å². The maximum Gasteiger partial charge on any atom is 0.262 e. The molecule has 0 aromatic heterocycles. The van der Waals surface area contributed by atoms with Crippen molar-refractivity contribution in [3.8, 4) is 11.8 Å². The van der Waals surface area contributed by atoms with E-state index in [-0.39, 0.29) is 5.57 Å². The molecule has 2 rings (SSSR count). The van der Waals surface area contributed by atoms with E-state index in [0.717, 1.165) is 38.7 Å². The highest BCUT2D eigenvalue weighted by atomic mass is 79.9. The third kappa shape index (κ3) is 7.68. The number of amides is 1. The van der Waals surface area contributed by atoms with Gasteiger partial charge >= 0.3 is 0 Å². The second-order valence-electron chi connectivity index (χ2n) is 6.56. The summed E-state index contributed by atoms with van der Waals surface area (Å²) in [6.45, 7) is 3.20. The normalized spacial score (nSPS) is 11.0. The summed E-state index contributed by atoms with van der Waals surface area (Å²) in [5.41, 5.74) is 1.76. The molecule has 29 heavy (non-hydrogen) atoms. The van der Waals surface area contributed by atoms with E-state index in [1.165, 1.54) is 12.8 Å². The summed E-state index contributed by atoms with van der Waals surface area (Å²) in [6, 6.07) is 15.2. The SMILES string of the molecule is CCCCCCOc1c(Br)cc(/C=C(\C#N)C(=O)NCc2ccccc2)cc1Br. The van der Waals surface area contributed by atoms with Crippen LogP contribution in [-0.2, 0) is 11.3 Å². The van der Waals surface area contributed by atoms with Crippen molar-refractivity contribution in [1.29, 1.82) is 5.26 Å². The topological polar surface area (TPSA) is 62.1 Å². The molecule has 1 amide bonds. The van der Waals surface area contributed by atoms with E-state index in [1.807, 2.05) is 48.5 Å². The third-order valence-corrected chi connectivity index (χ3v) is 5.41. The van der Waals surface area contributed by atoms with Gasteiger partial charge in [0, 0.05) is 6.54 Å². The van der Waals surface area contributed by atoms with Gasteiger partial charge in [0.25, 0.3) is 5.91 Å². The average molecular weight is 520 g/mol. The minimum absolute atomic E-state index is 0.0490. The molecule has 0 unspecified atom stereocenters. The van der Waals surface area contributed by atoms with Crippen molar-refractivity contribution in [3.05, 3.63) is 68.1 Å². The van der Waals surface area contributed by atoms with Gasteiger partial charge in [0.05, 0.1) is 15.6 Å². The van der Waals surface area contributed by atoms with Crippen LogP contribution in [0.15, 0.2) is 57.0 Å². The summed E-state index contributed by atoms with van der Waals surface area (Å²) in [6.07, 6.45) is 6.12. The Balaban J connectivity index is 2.04. The van der Waals surface area contributed by atoms with E-state index in [1.54, 1.807) is 6.08 Å². The zero-order chi connectivity index (χ0) is 21.1. The summed E-state index contributed by atoms with van der Waals surface area (Å²) < 4.78 is 7.42. The van der Waals surface area contributed by atoms with Gasteiger partial charge in [-0.05, 0) is 67.6 Å². The number of carbonyl (C=O) groups is 1. The molecule has 0 saturated heterocycles. The molecular weight excluding hydrogens is 496 g/mol. The van der Waals surface area contributed by atoms with Gasteiger partial charge in [0.2, 0.25) is 0 Å². The number of hydrogen-bond acceptors (Lipinski definition) is 3. The molecule has 0 spiro atoms. The number of ether oxygens (including phenoxy) is 1. The molecule has 152 valence electrons. The van der Waals surface area contributed by atoms with Crippen molar-refractivity contribution in [2.45, 2.75) is 39.2 Å². The van der Waals surface area contributed by atoms with Gasteiger partial charge in [0.15, 0.2) is 0 Å². The van der Waals surface area contributed by atoms with Crippen LogP contribution in [0, 0.1) is 11.3 Å². The number of unbranched alkanes of at least 4 members (excludes halogenated alkanes) is 3. The van der Waals surface area contributed by atoms with Crippen LogP contribution in [0.2, 0.25) is 0 Å². The average Bonchev–Trinajstić information content (AvgIpc) is 2.72. The molecule has 2 aromatic carbocycles. The van der Waals surface area contributed by atoms with Gasteiger partial charge in [-0.1, -0.05) is 56.5 Å². The highest BCUT2D eigenvalue weighted by molar-refractivity contribution is 9.11. The lowest BCUT2D eigenvalue weighted by Gasteiger charge is -2.11. The Morgan fingerprint density at radius 3 is 2.45 bits per heavy atom. The summed E-state index contributed by atoms with van der Waals surface area (Å²) in [4.78, 5) is 12.4. The van der Waals surface area contributed by atoms with E-state index in [9.17, 15) is 10.1 Å². The summed E-state index contributed by atoms with van der Waals surface area (Å²) in [5, 5.41) is 12.2. The minimum Gasteiger partial charge on any atom is -0.491 e. The fraction of sp³-hybridized carbons (Fsp3) is 0.304. The van der Waals surface area contributed by atoms with Crippen LogP contribution in [0.4, 0.5) is 0 Å². The number of nitrogens with one attached hydrogen (secondary N) is 1. The second kappa shape index (κ2) is 12.5. The molecule has 6 heteroatoms. The van der Waals surface area contributed by atoms with Crippen LogP contribution in [-0.4, -0.2) is 12.5 Å². The first-order valence-electron chi connectivity index (χ1n) is 9.61. The lowest BCUT2D eigenvalue weighted by molar-refractivity contribution is -0.117. The van der Waals surface area contributed by atoms with Crippen LogP contribution in [0.5, 0.6) is 5.75 Å². The van der Waals surface area contributed by atoms with Crippen LogP contribution < -0.4 is 10.1 Å². The van der Waals surface area contributed by atoms with Gasteiger partial charge < -0.3 is 10.1 Å². The molecule has 0 atom stereocenters. The van der Waals surface area contributed by atoms with Crippen LogP contribution in [0.1, 0.15) is 43.7 Å². The van der Waals surface area contributed by atoms with E-state index in [2.05, 4.69) is 44.1 Å². The van der Waals surface area contributed by atoms with Crippen molar-refractivity contribution >= 4 is 43.8 Å². The molecule has 0 heterocycles. The monoisotopic (exact) mass is 518 g/mol. The highest BCUT2D eigenvalue weighted by Gasteiger charge is 2.12. The Kier molecular flexibility index (Phi) is 9.96. The summed E-state index contributed by atoms with van der Waals surface area (Å²) in [5.74, 6) is 0.325. The molecule has 0 aliphatic carbocycles. The van der Waals surface area contributed by atoms with Gasteiger partial charge in [-0.15, -0.1) is 0 Å². The third-order valence-electron chi connectivity index (χ3n) is 4.24. The molecule has 0 fully saturated rings. The highest BCUT2D eigenvalue weighted by Crippen LogP contribution is 2.35. The lowest BCUT2D eigenvalue weighted by Crippen LogP contribution is -2.23. The fourth-order valence-corrected chi connectivity index (χ4v) is 4.14. The van der Waals surface area contributed by atoms with Gasteiger partial charge in [0.1, 0.15) is 17.4 Å². The largest absolute Gasteiger partial charge is 0.491 e. The molecule has 0 radical (unpaired) electrons. The molecule has 4 nitrogen and oxygen atoms in total. The number of benzene rings is 2. The predicted molar refractivity (Wildman–Crippen MR) is 123 cm³/mol. The zero-order valence-corrected chi connectivity index (χ0v) is 19.6. The molecular formula is C23H24Br2N2O2. The number of carbonyl (C=O) groups excluding carboxylic acids is 1. The van der Waals surface area contributed by atoms with Crippen LogP contribution in [0.3, 0.4) is 0 Å². The predicted octanol–water partition coefficient (Wildman–Crippen LogP) is 6.39. The molecule has 0 saturated carbocycles. The standard InChI is InChI=1S/C23H24Br2N2O2/c1-2-3-4-8-11-29-22-20(24)13-18(14-21(22)25)12-19(15-26)23(28)27-16-17-9-6-5-7-10-17/h5-7,9-10,12-14H,2-4,8,11,16H2,1H3,(H,27,28)/b19-12+. The molecule has 2 aromatic rings. The minimum atomic E-state index is -0.403. The molecule has 0 aliphatic rings. The molecule has 0 bridgehead atoms. The Hall–Kier alpha value is -2.10. The Morgan fingerprint density at radius 1 is 1.14 bits per heavy atom. The van der Waals surface area contributed by atoms with E-state index in [4.69, 9.17) is 4.74 Å². The number of rotatable bonds is 10.